The molecule has 0 saturated carbocycles. The third-order valence-electron chi connectivity index (χ3n) is 2.10. The van der Waals surface area contributed by atoms with Crippen molar-refractivity contribution in [3.8, 4) is 0 Å². The Morgan fingerprint density at radius 3 is 2.31 bits per heavy atom. The Hall–Kier alpha value is -0.301. The summed E-state index contributed by atoms with van der Waals surface area (Å²) in [5.41, 5.74) is 0. The fourth-order valence-electron chi connectivity index (χ4n) is 1.00. The summed E-state index contributed by atoms with van der Waals surface area (Å²) < 4.78 is 6.75. The first-order valence-corrected chi connectivity index (χ1v) is 6.33. The van der Waals surface area contributed by atoms with Gasteiger partial charge >= 0.3 is 86.4 Å². The van der Waals surface area contributed by atoms with Crippen molar-refractivity contribution in [1.82, 2.24) is 0 Å². The van der Waals surface area contributed by atoms with Gasteiger partial charge in [0.15, 0.2) is 0 Å². The molecule has 0 heterocycles. The van der Waals surface area contributed by atoms with Crippen LogP contribution >= 0.6 is 0 Å². The van der Waals surface area contributed by atoms with Crippen molar-refractivity contribution in [3.63, 3.8) is 0 Å². The summed E-state index contributed by atoms with van der Waals surface area (Å²) in [6.45, 7) is 4.39. The second kappa shape index (κ2) is 5.43. The zero-order valence-electron chi connectivity index (χ0n) is 8.36. The first kappa shape index (κ1) is 10.8. The SMILES string of the molecule is CO[C@@H](C)[C@H](C)[Se]c1ccccc1. The number of ether oxygens (including phenoxy) is 1. The van der Waals surface area contributed by atoms with Gasteiger partial charge in [0.2, 0.25) is 0 Å². The van der Waals surface area contributed by atoms with Crippen LogP contribution in [-0.2, 0) is 4.74 Å². The summed E-state index contributed by atoms with van der Waals surface area (Å²) in [5, 5.41) is 0. The monoisotopic (exact) mass is 244 g/mol. The van der Waals surface area contributed by atoms with Crippen molar-refractivity contribution in [2.75, 3.05) is 7.11 Å². The molecule has 0 aliphatic carbocycles. The van der Waals surface area contributed by atoms with Crippen molar-refractivity contribution < 1.29 is 4.74 Å². The molecule has 0 bridgehead atoms. The molecule has 0 spiro atoms. The number of benzene rings is 1. The number of hydrogen-bond donors (Lipinski definition) is 0. The topological polar surface area (TPSA) is 9.23 Å². The van der Waals surface area contributed by atoms with Gasteiger partial charge in [0.1, 0.15) is 0 Å². The molecule has 0 unspecified atom stereocenters. The summed E-state index contributed by atoms with van der Waals surface area (Å²) in [7, 11) is 1.78. The van der Waals surface area contributed by atoms with Gasteiger partial charge in [-0.05, 0) is 0 Å². The van der Waals surface area contributed by atoms with Crippen LogP contribution in [0.1, 0.15) is 13.8 Å². The first-order chi connectivity index (χ1) is 6.24. The Labute approximate surface area is 86.7 Å². The molecule has 1 aromatic rings. The number of methoxy groups -OCH3 is 1. The Morgan fingerprint density at radius 1 is 1.15 bits per heavy atom. The van der Waals surface area contributed by atoms with E-state index in [1.165, 1.54) is 4.46 Å². The predicted molar refractivity (Wildman–Crippen MR) is 57.7 cm³/mol. The molecule has 72 valence electrons. The van der Waals surface area contributed by atoms with E-state index in [1.807, 2.05) is 0 Å². The Bertz CT molecular complexity index is 235. The Morgan fingerprint density at radius 2 is 1.77 bits per heavy atom. The molecule has 1 rings (SSSR count). The van der Waals surface area contributed by atoms with Crippen LogP contribution in [0, 0.1) is 0 Å². The number of rotatable bonds is 4. The van der Waals surface area contributed by atoms with Crippen LogP contribution < -0.4 is 4.46 Å². The van der Waals surface area contributed by atoms with E-state index in [4.69, 9.17) is 4.74 Å². The van der Waals surface area contributed by atoms with Gasteiger partial charge in [0, 0.05) is 0 Å². The molecule has 1 nitrogen and oxygen atoms in total. The molecule has 2 heteroatoms. The minimum atomic E-state index is 0.361. The molecule has 1 aromatic carbocycles. The average Bonchev–Trinajstić information content (AvgIpc) is 2.18. The third kappa shape index (κ3) is 3.51. The molecular formula is C11H16OSe. The van der Waals surface area contributed by atoms with Crippen molar-refractivity contribution in [2.24, 2.45) is 0 Å². The fourth-order valence-corrected chi connectivity index (χ4v) is 3.20. The summed E-state index contributed by atoms with van der Waals surface area (Å²) in [6, 6.07) is 10.6. The van der Waals surface area contributed by atoms with Crippen molar-refractivity contribution in [3.05, 3.63) is 30.3 Å². The molecule has 0 aromatic heterocycles. The van der Waals surface area contributed by atoms with E-state index in [-0.39, 0.29) is 0 Å². The summed E-state index contributed by atoms with van der Waals surface area (Å²) in [4.78, 5) is 0.639. The fraction of sp³-hybridized carbons (Fsp3) is 0.455. The normalized spacial score (nSPS) is 15.3. The van der Waals surface area contributed by atoms with Crippen molar-refractivity contribution in [2.45, 2.75) is 24.8 Å². The van der Waals surface area contributed by atoms with E-state index in [2.05, 4.69) is 44.2 Å². The van der Waals surface area contributed by atoms with Crippen LogP contribution in [0.15, 0.2) is 30.3 Å². The van der Waals surface area contributed by atoms with Gasteiger partial charge < -0.3 is 0 Å². The van der Waals surface area contributed by atoms with E-state index in [9.17, 15) is 0 Å². The quantitative estimate of drug-likeness (QED) is 0.733. The molecule has 0 amide bonds. The van der Waals surface area contributed by atoms with E-state index in [0.717, 1.165) is 0 Å². The summed E-state index contributed by atoms with van der Waals surface area (Å²) >= 11 is 0.524. The Kier molecular flexibility index (Phi) is 4.51. The van der Waals surface area contributed by atoms with Crippen LogP contribution in [0.25, 0.3) is 0 Å². The molecule has 0 radical (unpaired) electrons. The second-order valence-electron chi connectivity index (χ2n) is 3.08. The zero-order valence-corrected chi connectivity index (χ0v) is 10.1. The standard InChI is InChI=1S/C11H16OSe/c1-9(12-3)10(2)13-11-7-5-4-6-8-11/h4-10H,1-3H3/t9-,10-/m0/s1. The molecule has 0 saturated heterocycles. The van der Waals surface area contributed by atoms with Crippen molar-refractivity contribution >= 4 is 19.4 Å². The predicted octanol–water partition coefficient (Wildman–Crippen LogP) is 1.86. The third-order valence-corrected chi connectivity index (χ3v) is 4.82. The molecule has 2 atom stereocenters. The Balaban J connectivity index is 2.50. The molecule has 0 N–H and O–H groups in total. The van der Waals surface area contributed by atoms with Gasteiger partial charge in [0.05, 0.1) is 0 Å². The van der Waals surface area contributed by atoms with Gasteiger partial charge in [-0.15, -0.1) is 0 Å². The maximum atomic E-state index is 5.30. The van der Waals surface area contributed by atoms with Gasteiger partial charge in [0.25, 0.3) is 0 Å². The van der Waals surface area contributed by atoms with Crippen LogP contribution in [0.2, 0.25) is 4.82 Å². The molecule has 0 aliphatic heterocycles. The van der Waals surface area contributed by atoms with E-state index < -0.39 is 0 Å². The van der Waals surface area contributed by atoms with Crippen molar-refractivity contribution in [1.29, 1.82) is 0 Å². The maximum absolute atomic E-state index is 5.30. The van der Waals surface area contributed by atoms with Crippen LogP contribution in [0.3, 0.4) is 0 Å². The van der Waals surface area contributed by atoms with Gasteiger partial charge in [-0.2, -0.15) is 0 Å². The summed E-state index contributed by atoms with van der Waals surface area (Å²) in [6.07, 6.45) is 0.361. The zero-order chi connectivity index (χ0) is 9.68. The van der Waals surface area contributed by atoms with Crippen LogP contribution in [0.4, 0.5) is 0 Å². The van der Waals surface area contributed by atoms with Crippen LogP contribution in [-0.4, -0.2) is 28.2 Å². The van der Waals surface area contributed by atoms with Crippen LogP contribution in [0.5, 0.6) is 0 Å². The number of hydrogen-bond acceptors (Lipinski definition) is 1. The second-order valence-corrected chi connectivity index (χ2v) is 6.12. The molecule has 0 fully saturated rings. The first-order valence-electron chi connectivity index (χ1n) is 4.48. The summed E-state index contributed by atoms with van der Waals surface area (Å²) in [5.74, 6) is 0. The van der Waals surface area contributed by atoms with E-state index >= 15 is 0 Å². The molecule has 13 heavy (non-hydrogen) atoms. The average molecular weight is 243 g/mol. The molecule has 0 aliphatic rings. The van der Waals surface area contributed by atoms with Gasteiger partial charge in [-0.1, -0.05) is 0 Å². The van der Waals surface area contributed by atoms with E-state index in [0.29, 0.717) is 25.9 Å². The molecular weight excluding hydrogens is 227 g/mol. The van der Waals surface area contributed by atoms with Gasteiger partial charge in [-0.25, -0.2) is 0 Å². The van der Waals surface area contributed by atoms with E-state index in [1.54, 1.807) is 7.11 Å². The minimum absolute atomic E-state index is 0.361. The van der Waals surface area contributed by atoms with Gasteiger partial charge in [-0.3, -0.25) is 0 Å².